The van der Waals surface area contributed by atoms with E-state index < -0.39 is 0 Å². The van der Waals surface area contributed by atoms with Crippen LogP contribution < -0.4 is 16.2 Å². The van der Waals surface area contributed by atoms with Crippen molar-refractivity contribution in [1.29, 1.82) is 0 Å². The molecule has 2 aromatic rings. The minimum atomic E-state index is 0.0118. The molecule has 124 valence electrons. The second-order valence-corrected chi connectivity index (χ2v) is 6.13. The number of anilines is 1. The first-order valence-electron chi connectivity index (χ1n) is 8.29. The number of hydrogen-bond acceptors (Lipinski definition) is 5. The summed E-state index contributed by atoms with van der Waals surface area (Å²) in [5.74, 6) is 0.735. The molecule has 1 saturated heterocycles. The van der Waals surface area contributed by atoms with E-state index in [1.165, 1.54) is 0 Å². The van der Waals surface area contributed by atoms with Gasteiger partial charge in [0.15, 0.2) is 0 Å². The van der Waals surface area contributed by atoms with Gasteiger partial charge in [0.25, 0.3) is 5.56 Å². The van der Waals surface area contributed by atoms with Gasteiger partial charge in [-0.15, -0.1) is 0 Å². The molecule has 6 heteroatoms. The molecule has 23 heavy (non-hydrogen) atoms. The van der Waals surface area contributed by atoms with Crippen molar-refractivity contribution in [2.45, 2.75) is 13.3 Å². The van der Waals surface area contributed by atoms with Crippen molar-refractivity contribution in [3.8, 4) is 0 Å². The van der Waals surface area contributed by atoms with E-state index in [-0.39, 0.29) is 5.56 Å². The molecule has 3 rings (SSSR count). The Morgan fingerprint density at radius 3 is 2.87 bits per heavy atom. The van der Waals surface area contributed by atoms with Crippen molar-refractivity contribution in [2.24, 2.45) is 7.05 Å². The van der Waals surface area contributed by atoms with E-state index in [0.717, 1.165) is 62.7 Å². The lowest BCUT2D eigenvalue weighted by Crippen LogP contribution is -2.44. The molecule has 0 unspecified atom stereocenters. The first-order valence-corrected chi connectivity index (χ1v) is 8.29. The molecule has 2 heterocycles. The number of aryl methyl sites for hydroxylation is 1. The summed E-state index contributed by atoms with van der Waals surface area (Å²) in [5.41, 5.74) is 1.80. The molecular formula is C17H25N5O. The number of benzene rings is 1. The highest BCUT2D eigenvalue weighted by atomic mass is 16.1. The number of fused-ring (bicyclic) bond motifs is 1. The molecule has 0 bridgehead atoms. The van der Waals surface area contributed by atoms with Crippen molar-refractivity contribution in [3.05, 3.63) is 34.4 Å². The predicted molar refractivity (Wildman–Crippen MR) is 94.1 cm³/mol. The molecule has 1 aliphatic heterocycles. The fourth-order valence-corrected chi connectivity index (χ4v) is 2.96. The first-order chi connectivity index (χ1) is 11.1. The Morgan fingerprint density at radius 1 is 1.30 bits per heavy atom. The lowest BCUT2D eigenvalue weighted by atomic mass is 10.2. The third-order valence-electron chi connectivity index (χ3n) is 4.49. The summed E-state index contributed by atoms with van der Waals surface area (Å²) in [4.78, 5) is 19.2. The number of nitrogens with zero attached hydrogens (tertiary/aromatic N) is 3. The zero-order valence-electron chi connectivity index (χ0n) is 13.9. The van der Waals surface area contributed by atoms with Crippen molar-refractivity contribution >= 4 is 16.6 Å². The maximum atomic E-state index is 12.2. The fourth-order valence-electron chi connectivity index (χ4n) is 2.96. The quantitative estimate of drug-likeness (QED) is 0.805. The summed E-state index contributed by atoms with van der Waals surface area (Å²) in [6.07, 6.45) is 1.11. The number of piperazine rings is 1. The predicted octanol–water partition coefficient (Wildman–Crippen LogP) is 0.949. The van der Waals surface area contributed by atoms with E-state index in [4.69, 9.17) is 0 Å². The van der Waals surface area contributed by atoms with Gasteiger partial charge in [-0.25, -0.2) is 4.98 Å². The van der Waals surface area contributed by atoms with Gasteiger partial charge < -0.3 is 15.5 Å². The number of aromatic nitrogens is 2. The van der Waals surface area contributed by atoms with Crippen LogP contribution in [0.5, 0.6) is 0 Å². The largest absolute Gasteiger partial charge is 0.385 e. The number of rotatable bonds is 5. The topological polar surface area (TPSA) is 62.2 Å². The zero-order chi connectivity index (χ0) is 16.2. The molecule has 0 atom stereocenters. The van der Waals surface area contributed by atoms with E-state index in [9.17, 15) is 4.79 Å². The van der Waals surface area contributed by atoms with Gasteiger partial charge in [0.05, 0.1) is 10.9 Å². The van der Waals surface area contributed by atoms with Crippen LogP contribution in [0.4, 0.5) is 5.69 Å². The van der Waals surface area contributed by atoms with Crippen molar-refractivity contribution in [3.63, 3.8) is 0 Å². The maximum absolute atomic E-state index is 12.2. The van der Waals surface area contributed by atoms with Crippen LogP contribution in [0, 0.1) is 6.92 Å². The average Bonchev–Trinajstić information content (AvgIpc) is 2.57. The molecule has 0 spiro atoms. The van der Waals surface area contributed by atoms with Gasteiger partial charge in [0.2, 0.25) is 0 Å². The van der Waals surface area contributed by atoms with Crippen LogP contribution >= 0.6 is 0 Å². The molecule has 0 amide bonds. The van der Waals surface area contributed by atoms with E-state index in [1.54, 1.807) is 11.6 Å². The standard InChI is InChI=1S/C17H25N5O/c1-13-20-16-12-14(4-5-15(16)17(23)21(13)2)19-6-3-9-22-10-7-18-8-11-22/h4-5,12,18-19H,3,6-11H2,1-2H3. The molecular weight excluding hydrogens is 290 g/mol. The van der Waals surface area contributed by atoms with Crippen LogP contribution in [0.3, 0.4) is 0 Å². The average molecular weight is 315 g/mol. The molecule has 2 N–H and O–H groups in total. The van der Waals surface area contributed by atoms with Gasteiger partial charge in [0, 0.05) is 45.5 Å². The van der Waals surface area contributed by atoms with Crippen molar-refractivity contribution < 1.29 is 0 Å². The Kier molecular flexibility index (Phi) is 4.93. The van der Waals surface area contributed by atoms with E-state index in [0.29, 0.717) is 5.39 Å². The minimum Gasteiger partial charge on any atom is -0.385 e. The Morgan fingerprint density at radius 2 is 2.09 bits per heavy atom. The first kappa shape index (κ1) is 16.0. The molecule has 1 fully saturated rings. The molecule has 1 aliphatic rings. The summed E-state index contributed by atoms with van der Waals surface area (Å²) in [6, 6.07) is 5.79. The highest BCUT2D eigenvalue weighted by molar-refractivity contribution is 5.81. The Balaban J connectivity index is 1.60. The second-order valence-electron chi connectivity index (χ2n) is 6.13. The van der Waals surface area contributed by atoms with E-state index >= 15 is 0 Å². The molecule has 6 nitrogen and oxygen atoms in total. The Bertz CT molecular complexity index is 734. The minimum absolute atomic E-state index is 0.0118. The third-order valence-corrected chi connectivity index (χ3v) is 4.49. The van der Waals surface area contributed by atoms with Crippen LogP contribution in [-0.4, -0.2) is 53.7 Å². The highest BCUT2D eigenvalue weighted by Gasteiger charge is 2.09. The highest BCUT2D eigenvalue weighted by Crippen LogP contribution is 2.15. The molecule has 0 radical (unpaired) electrons. The summed E-state index contributed by atoms with van der Waals surface area (Å²) in [7, 11) is 1.76. The third kappa shape index (κ3) is 3.71. The Hall–Kier alpha value is -1.92. The van der Waals surface area contributed by atoms with Crippen molar-refractivity contribution in [2.75, 3.05) is 44.6 Å². The summed E-state index contributed by atoms with van der Waals surface area (Å²) < 4.78 is 1.59. The van der Waals surface area contributed by atoms with Crippen LogP contribution in [-0.2, 0) is 7.05 Å². The Labute approximate surface area is 136 Å². The van der Waals surface area contributed by atoms with E-state index in [2.05, 4.69) is 20.5 Å². The SMILES string of the molecule is Cc1nc2cc(NCCCN3CCNCC3)ccc2c(=O)n1C. The number of nitrogens with one attached hydrogen (secondary N) is 2. The maximum Gasteiger partial charge on any atom is 0.261 e. The molecule has 0 aliphatic carbocycles. The van der Waals surface area contributed by atoms with Gasteiger partial charge >= 0.3 is 0 Å². The van der Waals surface area contributed by atoms with Crippen LogP contribution in [0.1, 0.15) is 12.2 Å². The van der Waals surface area contributed by atoms with Gasteiger partial charge in [-0.3, -0.25) is 9.36 Å². The van der Waals surface area contributed by atoms with Crippen LogP contribution in [0.2, 0.25) is 0 Å². The lowest BCUT2D eigenvalue weighted by Gasteiger charge is -2.27. The summed E-state index contributed by atoms with van der Waals surface area (Å²) >= 11 is 0. The van der Waals surface area contributed by atoms with Gasteiger partial charge in [-0.05, 0) is 38.1 Å². The van der Waals surface area contributed by atoms with Crippen molar-refractivity contribution in [1.82, 2.24) is 19.8 Å². The molecule has 1 aromatic heterocycles. The van der Waals surface area contributed by atoms with Crippen LogP contribution in [0.15, 0.2) is 23.0 Å². The second kappa shape index (κ2) is 7.10. The summed E-state index contributed by atoms with van der Waals surface area (Å²) in [5, 5.41) is 7.48. The summed E-state index contributed by atoms with van der Waals surface area (Å²) in [6.45, 7) is 8.38. The smallest absolute Gasteiger partial charge is 0.261 e. The fraction of sp³-hybridized carbons (Fsp3) is 0.529. The van der Waals surface area contributed by atoms with Crippen LogP contribution in [0.25, 0.3) is 10.9 Å². The normalized spacial score (nSPS) is 15.9. The van der Waals surface area contributed by atoms with Gasteiger partial charge in [-0.2, -0.15) is 0 Å². The van der Waals surface area contributed by atoms with E-state index in [1.807, 2.05) is 25.1 Å². The number of hydrogen-bond donors (Lipinski definition) is 2. The zero-order valence-corrected chi connectivity index (χ0v) is 13.9. The van der Waals surface area contributed by atoms with Gasteiger partial charge in [0.1, 0.15) is 5.82 Å². The molecule has 0 saturated carbocycles. The monoisotopic (exact) mass is 315 g/mol. The van der Waals surface area contributed by atoms with Gasteiger partial charge in [-0.1, -0.05) is 0 Å². The lowest BCUT2D eigenvalue weighted by molar-refractivity contribution is 0.240. The molecule has 1 aromatic carbocycles.